The van der Waals surface area contributed by atoms with E-state index >= 15 is 0 Å². The Morgan fingerprint density at radius 3 is 2.35 bits per heavy atom. The number of rotatable bonds is 5. The molecule has 0 saturated carbocycles. The molecule has 2 amide bonds. The summed E-state index contributed by atoms with van der Waals surface area (Å²) in [5, 5.41) is 3.44. The number of nitrogens with one attached hydrogen (secondary N) is 1. The number of hydrogen-bond acceptors (Lipinski definition) is 3. The van der Waals surface area contributed by atoms with Crippen molar-refractivity contribution < 1.29 is 9.59 Å². The molecule has 2 aromatic carbocycles. The zero-order valence-corrected chi connectivity index (χ0v) is 14.4. The number of thioether (sulfide) groups is 1. The second-order valence-electron chi connectivity index (χ2n) is 5.04. The fourth-order valence-electron chi connectivity index (χ4n) is 1.86. The van der Waals surface area contributed by atoms with Gasteiger partial charge in [0.25, 0.3) is 5.91 Å². The third-order valence-corrected chi connectivity index (χ3v) is 4.53. The molecule has 2 rings (SSSR count). The summed E-state index contributed by atoms with van der Waals surface area (Å²) in [4.78, 5) is 26.1. The maximum Gasteiger partial charge on any atom is 0.253 e. The largest absolute Gasteiger partial charge is 0.345 e. The van der Waals surface area contributed by atoms with Crippen LogP contribution in [0.1, 0.15) is 10.4 Å². The highest BCUT2D eigenvalue weighted by molar-refractivity contribution is 8.00. The second-order valence-corrected chi connectivity index (χ2v) is 6.47. The van der Waals surface area contributed by atoms with Gasteiger partial charge in [-0.1, -0.05) is 23.7 Å². The lowest BCUT2D eigenvalue weighted by Crippen LogP contribution is -2.21. The lowest BCUT2D eigenvalue weighted by Gasteiger charge is -2.11. The minimum atomic E-state index is -0.124. The first-order chi connectivity index (χ1) is 11.0. The van der Waals surface area contributed by atoms with Gasteiger partial charge in [-0.25, -0.2) is 0 Å². The van der Waals surface area contributed by atoms with Gasteiger partial charge in [-0.15, -0.1) is 11.8 Å². The molecule has 0 spiro atoms. The molecular formula is C17H17ClN2O2S. The Morgan fingerprint density at radius 1 is 1.09 bits per heavy atom. The molecule has 0 fully saturated rings. The van der Waals surface area contributed by atoms with Crippen molar-refractivity contribution in [2.45, 2.75) is 4.90 Å². The summed E-state index contributed by atoms with van der Waals surface area (Å²) >= 11 is 7.43. The topological polar surface area (TPSA) is 49.4 Å². The van der Waals surface area contributed by atoms with Crippen molar-refractivity contribution in [3.63, 3.8) is 0 Å². The summed E-state index contributed by atoms with van der Waals surface area (Å²) in [5.41, 5.74) is 1.24. The highest BCUT2D eigenvalue weighted by Gasteiger charge is 2.09. The summed E-state index contributed by atoms with van der Waals surface area (Å²) in [5.74, 6) is 0.0704. The first kappa shape index (κ1) is 17.4. The molecule has 0 radical (unpaired) electrons. The summed E-state index contributed by atoms with van der Waals surface area (Å²) in [6.07, 6.45) is 0. The molecule has 0 heterocycles. The number of carbonyl (C=O) groups excluding carboxylic acids is 2. The Balaban J connectivity index is 1.90. The third-order valence-electron chi connectivity index (χ3n) is 3.02. The normalized spacial score (nSPS) is 10.2. The van der Waals surface area contributed by atoms with E-state index in [1.165, 1.54) is 16.7 Å². The number of anilines is 1. The van der Waals surface area contributed by atoms with Crippen LogP contribution in [0, 0.1) is 0 Å². The van der Waals surface area contributed by atoms with Gasteiger partial charge in [-0.05, 0) is 36.4 Å². The van der Waals surface area contributed by atoms with Gasteiger partial charge >= 0.3 is 0 Å². The molecular weight excluding hydrogens is 332 g/mol. The van der Waals surface area contributed by atoms with Crippen molar-refractivity contribution in [3.8, 4) is 0 Å². The summed E-state index contributed by atoms with van der Waals surface area (Å²) in [6, 6.07) is 14.2. The number of benzene rings is 2. The maximum absolute atomic E-state index is 12.0. The quantitative estimate of drug-likeness (QED) is 0.837. The molecule has 4 nitrogen and oxygen atoms in total. The van der Waals surface area contributed by atoms with Gasteiger partial charge in [0, 0.05) is 30.2 Å². The average molecular weight is 349 g/mol. The zero-order valence-electron chi connectivity index (χ0n) is 12.9. The number of hydrogen-bond donors (Lipinski definition) is 1. The van der Waals surface area contributed by atoms with E-state index < -0.39 is 0 Å². The molecule has 6 heteroatoms. The molecule has 1 N–H and O–H groups in total. The first-order valence-corrected chi connectivity index (χ1v) is 8.32. The maximum atomic E-state index is 12.0. The number of nitrogens with zero attached hydrogens (tertiary/aromatic N) is 1. The van der Waals surface area contributed by atoms with E-state index in [1.54, 1.807) is 44.4 Å². The van der Waals surface area contributed by atoms with Crippen LogP contribution in [0.3, 0.4) is 0 Å². The van der Waals surface area contributed by atoms with Crippen LogP contribution in [0.15, 0.2) is 53.4 Å². The van der Waals surface area contributed by atoms with Crippen molar-refractivity contribution in [3.05, 3.63) is 59.1 Å². The highest BCUT2D eigenvalue weighted by atomic mass is 35.5. The van der Waals surface area contributed by atoms with Gasteiger partial charge in [-0.3, -0.25) is 9.59 Å². The van der Waals surface area contributed by atoms with Crippen LogP contribution in [-0.4, -0.2) is 36.6 Å². The SMILES string of the molecule is CN(C)C(=O)c1ccc(NC(=O)CSc2ccccc2Cl)cc1. The lowest BCUT2D eigenvalue weighted by molar-refractivity contribution is -0.113. The molecule has 0 atom stereocenters. The summed E-state index contributed by atoms with van der Waals surface area (Å²) < 4.78 is 0. The van der Waals surface area contributed by atoms with E-state index in [-0.39, 0.29) is 17.6 Å². The summed E-state index contributed by atoms with van der Waals surface area (Å²) in [6.45, 7) is 0. The molecule has 0 aliphatic carbocycles. The number of halogens is 1. The third kappa shape index (κ3) is 5.01. The van der Waals surface area contributed by atoms with Gasteiger partial charge in [0.2, 0.25) is 5.91 Å². The Hall–Kier alpha value is -1.98. The molecule has 0 unspecified atom stereocenters. The molecule has 0 aliphatic rings. The Labute approximate surface area is 144 Å². The fourth-order valence-corrected chi connectivity index (χ4v) is 2.90. The van der Waals surface area contributed by atoms with Crippen LogP contribution in [0.2, 0.25) is 5.02 Å². The van der Waals surface area contributed by atoms with E-state index in [0.717, 1.165) is 4.90 Å². The van der Waals surface area contributed by atoms with E-state index in [1.807, 2.05) is 18.2 Å². The minimum absolute atomic E-state index is 0.0721. The van der Waals surface area contributed by atoms with Gasteiger partial charge in [0.15, 0.2) is 0 Å². The van der Waals surface area contributed by atoms with Crippen molar-refractivity contribution in [1.82, 2.24) is 4.90 Å². The highest BCUT2D eigenvalue weighted by Crippen LogP contribution is 2.26. The Bertz CT molecular complexity index is 702. The molecule has 2 aromatic rings. The lowest BCUT2D eigenvalue weighted by atomic mass is 10.2. The first-order valence-electron chi connectivity index (χ1n) is 6.96. The summed E-state index contributed by atoms with van der Waals surface area (Å²) in [7, 11) is 3.40. The van der Waals surface area contributed by atoms with Crippen molar-refractivity contribution in [2.24, 2.45) is 0 Å². The average Bonchev–Trinajstić information content (AvgIpc) is 2.54. The van der Waals surface area contributed by atoms with Crippen LogP contribution >= 0.6 is 23.4 Å². The monoisotopic (exact) mass is 348 g/mol. The predicted molar refractivity (Wildman–Crippen MR) is 95.3 cm³/mol. The Morgan fingerprint density at radius 2 is 1.74 bits per heavy atom. The number of carbonyl (C=O) groups is 2. The van der Waals surface area contributed by atoms with Crippen LogP contribution in [0.5, 0.6) is 0 Å². The van der Waals surface area contributed by atoms with E-state index in [4.69, 9.17) is 11.6 Å². The van der Waals surface area contributed by atoms with Crippen molar-refractivity contribution in [2.75, 3.05) is 25.2 Å². The van der Waals surface area contributed by atoms with Gasteiger partial charge < -0.3 is 10.2 Å². The van der Waals surface area contributed by atoms with Crippen molar-refractivity contribution >= 4 is 40.9 Å². The van der Waals surface area contributed by atoms with Crippen LogP contribution in [-0.2, 0) is 4.79 Å². The predicted octanol–water partition coefficient (Wildman–Crippen LogP) is 3.77. The molecule has 0 aliphatic heterocycles. The van der Waals surface area contributed by atoms with E-state index in [0.29, 0.717) is 16.3 Å². The standard InChI is InChI=1S/C17H17ClN2O2S/c1-20(2)17(22)12-7-9-13(10-8-12)19-16(21)11-23-15-6-4-3-5-14(15)18/h3-10H,11H2,1-2H3,(H,19,21). The minimum Gasteiger partial charge on any atom is -0.345 e. The second kappa shape index (κ2) is 8.04. The van der Waals surface area contributed by atoms with Gasteiger partial charge in [0.1, 0.15) is 0 Å². The zero-order chi connectivity index (χ0) is 16.8. The van der Waals surface area contributed by atoms with E-state index in [9.17, 15) is 9.59 Å². The van der Waals surface area contributed by atoms with E-state index in [2.05, 4.69) is 5.32 Å². The smallest absolute Gasteiger partial charge is 0.253 e. The number of amides is 2. The molecule has 0 bridgehead atoms. The Kier molecular flexibility index (Phi) is 6.07. The van der Waals surface area contributed by atoms with Crippen LogP contribution in [0.25, 0.3) is 0 Å². The van der Waals surface area contributed by atoms with Crippen molar-refractivity contribution in [1.29, 1.82) is 0 Å². The molecule has 23 heavy (non-hydrogen) atoms. The molecule has 0 aromatic heterocycles. The molecule has 120 valence electrons. The fraction of sp³-hybridized carbons (Fsp3) is 0.176. The molecule has 0 saturated heterocycles. The van der Waals surface area contributed by atoms with Crippen LogP contribution in [0.4, 0.5) is 5.69 Å². The van der Waals surface area contributed by atoms with Gasteiger partial charge in [0.05, 0.1) is 10.8 Å². The van der Waals surface area contributed by atoms with Crippen LogP contribution < -0.4 is 5.32 Å². The van der Waals surface area contributed by atoms with Gasteiger partial charge in [-0.2, -0.15) is 0 Å².